The van der Waals surface area contributed by atoms with Crippen LogP contribution < -0.4 is 4.57 Å². The first-order valence-corrected chi connectivity index (χ1v) is 9.23. The molecule has 134 valence electrons. The van der Waals surface area contributed by atoms with Crippen molar-refractivity contribution in [3.05, 3.63) is 77.9 Å². The van der Waals surface area contributed by atoms with Gasteiger partial charge in [-0.25, -0.2) is 4.57 Å². The van der Waals surface area contributed by atoms with Gasteiger partial charge in [0.1, 0.15) is 18.3 Å². The number of ether oxygens (including phenoxy) is 1. The molecule has 0 fully saturated rings. The van der Waals surface area contributed by atoms with Crippen LogP contribution >= 0.6 is 0 Å². The van der Waals surface area contributed by atoms with Crippen LogP contribution in [0.1, 0.15) is 43.8 Å². The molecule has 1 aromatic heterocycles. The molecule has 2 heterocycles. The lowest BCUT2D eigenvalue weighted by Gasteiger charge is -2.19. The summed E-state index contributed by atoms with van der Waals surface area (Å²) in [6.45, 7) is 7.99. The van der Waals surface area contributed by atoms with Crippen molar-refractivity contribution in [1.82, 2.24) is 9.78 Å². The summed E-state index contributed by atoms with van der Waals surface area (Å²) in [7, 11) is 0. The van der Waals surface area contributed by atoms with Gasteiger partial charge in [0.25, 0.3) is 0 Å². The minimum absolute atomic E-state index is 0.158. The van der Waals surface area contributed by atoms with Crippen LogP contribution in [0.25, 0.3) is 5.69 Å². The highest BCUT2D eigenvalue weighted by molar-refractivity contribution is 5.35. The van der Waals surface area contributed by atoms with E-state index >= 15 is 0 Å². The average Bonchev–Trinajstić information content (AvgIpc) is 3.07. The Hall–Kier alpha value is -2.46. The molecule has 0 unspecified atom stereocenters. The lowest BCUT2D eigenvalue weighted by atomic mass is 9.87. The molecule has 0 aliphatic carbocycles. The second kappa shape index (κ2) is 6.69. The summed E-state index contributed by atoms with van der Waals surface area (Å²) in [6.07, 6.45) is 3.06. The van der Waals surface area contributed by atoms with Crippen LogP contribution in [-0.2, 0) is 23.2 Å². The van der Waals surface area contributed by atoms with Crippen molar-refractivity contribution in [3.8, 4) is 5.69 Å². The SMILES string of the molecule is CC(C)(C)c1ccc(-n2c[n+]3c(n2)COC[C@H]3Cc2ccccc2)cc1. The van der Waals surface area contributed by atoms with E-state index in [9.17, 15) is 0 Å². The summed E-state index contributed by atoms with van der Waals surface area (Å²) >= 11 is 0. The molecular formula is C22H26N3O+. The van der Waals surface area contributed by atoms with Gasteiger partial charge in [0.2, 0.25) is 6.33 Å². The fourth-order valence-corrected chi connectivity index (χ4v) is 3.44. The molecule has 0 saturated heterocycles. The molecule has 26 heavy (non-hydrogen) atoms. The van der Waals surface area contributed by atoms with E-state index in [2.05, 4.69) is 86.3 Å². The Morgan fingerprint density at radius 3 is 2.50 bits per heavy atom. The van der Waals surface area contributed by atoms with E-state index in [1.54, 1.807) is 0 Å². The molecule has 0 N–H and O–H groups in total. The molecule has 2 aromatic carbocycles. The van der Waals surface area contributed by atoms with Crippen LogP contribution in [0.5, 0.6) is 0 Å². The summed E-state index contributed by atoms with van der Waals surface area (Å²) in [4.78, 5) is 0. The van der Waals surface area contributed by atoms with Crippen molar-refractivity contribution in [2.75, 3.05) is 6.61 Å². The minimum atomic E-state index is 0.158. The Morgan fingerprint density at radius 2 is 1.81 bits per heavy atom. The van der Waals surface area contributed by atoms with Crippen LogP contribution in [-0.4, -0.2) is 16.4 Å². The van der Waals surface area contributed by atoms with E-state index in [0.717, 1.165) is 24.5 Å². The third-order valence-corrected chi connectivity index (χ3v) is 5.00. The number of rotatable bonds is 3. The predicted molar refractivity (Wildman–Crippen MR) is 101 cm³/mol. The highest BCUT2D eigenvalue weighted by Crippen LogP contribution is 2.23. The molecule has 0 amide bonds. The Labute approximate surface area is 155 Å². The van der Waals surface area contributed by atoms with Gasteiger partial charge in [-0.1, -0.05) is 67.9 Å². The van der Waals surface area contributed by atoms with Crippen LogP contribution in [0, 0.1) is 0 Å². The lowest BCUT2D eigenvalue weighted by molar-refractivity contribution is -0.742. The van der Waals surface area contributed by atoms with Gasteiger partial charge in [-0.3, -0.25) is 0 Å². The maximum Gasteiger partial charge on any atom is 0.304 e. The van der Waals surface area contributed by atoms with Gasteiger partial charge in [0.05, 0.1) is 6.61 Å². The van der Waals surface area contributed by atoms with E-state index in [1.807, 2.05) is 4.68 Å². The maximum absolute atomic E-state index is 5.80. The Kier molecular flexibility index (Phi) is 4.37. The number of fused-ring (bicyclic) bond motifs is 1. The third-order valence-electron chi connectivity index (χ3n) is 5.00. The zero-order chi connectivity index (χ0) is 18.1. The number of hydrogen-bond donors (Lipinski definition) is 0. The molecule has 3 aromatic rings. The van der Waals surface area contributed by atoms with E-state index in [0.29, 0.717) is 6.61 Å². The van der Waals surface area contributed by atoms with Crippen LogP contribution in [0.4, 0.5) is 0 Å². The van der Waals surface area contributed by atoms with Crippen molar-refractivity contribution in [1.29, 1.82) is 0 Å². The highest BCUT2D eigenvalue weighted by atomic mass is 16.5. The van der Waals surface area contributed by atoms with Crippen LogP contribution in [0.2, 0.25) is 0 Å². The van der Waals surface area contributed by atoms with Crippen molar-refractivity contribution in [2.24, 2.45) is 0 Å². The van der Waals surface area contributed by atoms with E-state index in [-0.39, 0.29) is 11.5 Å². The van der Waals surface area contributed by atoms with Crippen molar-refractivity contribution >= 4 is 0 Å². The van der Waals surface area contributed by atoms with E-state index in [1.165, 1.54) is 11.1 Å². The molecular weight excluding hydrogens is 322 g/mol. The highest BCUT2D eigenvalue weighted by Gasteiger charge is 2.30. The predicted octanol–water partition coefficient (Wildman–Crippen LogP) is 3.77. The van der Waals surface area contributed by atoms with Crippen molar-refractivity contribution in [2.45, 2.75) is 45.3 Å². The van der Waals surface area contributed by atoms with Crippen LogP contribution in [0.15, 0.2) is 60.9 Å². The lowest BCUT2D eigenvalue weighted by Crippen LogP contribution is -2.48. The monoisotopic (exact) mass is 348 g/mol. The van der Waals surface area contributed by atoms with Gasteiger partial charge < -0.3 is 4.74 Å². The maximum atomic E-state index is 5.80. The number of nitrogens with zero attached hydrogens (tertiary/aromatic N) is 3. The molecule has 4 nitrogen and oxygen atoms in total. The standard InChI is InChI=1S/C22H26N3O/c1-22(2,3)18-9-11-19(12-10-18)25-16-24-20(14-26-15-21(24)23-25)13-17-7-5-4-6-8-17/h4-12,16,20H,13-15H2,1-3H3/q+1/t20-/m1/s1. The largest absolute Gasteiger partial charge is 0.367 e. The van der Waals surface area contributed by atoms with Crippen LogP contribution in [0.3, 0.4) is 0 Å². The molecule has 1 aliphatic heterocycles. The first-order chi connectivity index (χ1) is 12.5. The molecule has 4 heteroatoms. The summed E-state index contributed by atoms with van der Waals surface area (Å²) in [5.41, 5.74) is 3.89. The number of hydrogen-bond acceptors (Lipinski definition) is 2. The third kappa shape index (κ3) is 3.42. The molecule has 0 bridgehead atoms. The molecule has 1 aliphatic rings. The fraction of sp³-hybridized carbons (Fsp3) is 0.364. The Morgan fingerprint density at radius 1 is 1.08 bits per heavy atom. The molecule has 4 rings (SSSR count). The molecule has 1 atom stereocenters. The van der Waals surface area contributed by atoms with Gasteiger partial charge in [0, 0.05) is 11.5 Å². The van der Waals surface area contributed by atoms with Gasteiger partial charge >= 0.3 is 5.82 Å². The summed E-state index contributed by atoms with van der Waals surface area (Å²) in [6, 6.07) is 19.5. The number of benzene rings is 2. The summed E-state index contributed by atoms with van der Waals surface area (Å²) in [5.74, 6) is 0.983. The minimum Gasteiger partial charge on any atom is -0.367 e. The quantitative estimate of drug-likeness (QED) is 0.675. The van der Waals surface area contributed by atoms with Gasteiger partial charge in [-0.05, 0) is 28.7 Å². The smallest absolute Gasteiger partial charge is 0.304 e. The van der Waals surface area contributed by atoms with Gasteiger partial charge in [-0.2, -0.15) is 0 Å². The summed E-state index contributed by atoms with van der Waals surface area (Å²) < 4.78 is 10.0. The molecule has 0 spiro atoms. The first-order valence-electron chi connectivity index (χ1n) is 9.23. The Bertz CT molecular complexity index is 876. The van der Waals surface area contributed by atoms with E-state index in [4.69, 9.17) is 9.84 Å². The normalized spacial score (nSPS) is 17.1. The van der Waals surface area contributed by atoms with Crippen molar-refractivity contribution in [3.63, 3.8) is 0 Å². The van der Waals surface area contributed by atoms with Gasteiger partial charge in [0.15, 0.2) is 0 Å². The Balaban J connectivity index is 1.61. The second-order valence-corrected chi connectivity index (χ2v) is 8.04. The fourth-order valence-electron chi connectivity index (χ4n) is 3.44. The molecule has 0 radical (unpaired) electrons. The zero-order valence-corrected chi connectivity index (χ0v) is 15.7. The van der Waals surface area contributed by atoms with E-state index < -0.39 is 0 Å². The summed E-state index contributed by atoms with van der Waals surface area (Å²) in [5, 5.41) is 4.76. The topological polar surface area (TPSA) is 30.9 Å². The van der Waals surface area contributed by atoms with Crippen molar-refractivity contribution < 1.29 is 9.30 Å². The average molecular weight is 348 g/mol. The van der Waals surface area contributed by atoms with Gasteiger partial charge in [-0.15, -0.1) is 0 Å². The zero-order valence-electron chi connectivity index (χ0n) is 15.7. The first kappa shape index (κ1) is 17.0. The number of aromatic nitrogens is 3. The molecule has 0 saturated carbocycles. The second-order valence-electron chi connectivity index (χ2n) is 8.04.